The first-order chi connectivity index (χ1) is 12.5. The van der Waals surface area contributed by atoms with Crippen LogP contribution in [-0.4, -0.2) is 42.9 Å². The summed E-state index contributed by atoms with van der Waals surface area (Å²) in [7, 11) is 1.49. The molecule has 0 bridgehead atoms. The Kier molecular flexibility index (Phi) is 6.91. The summed E-state index contributed by atoms with van der Waals surface area (Å²) < 4.78 is 4.99. The normalized spacial score (nSPS) is 10.1. The lowest BCUT2D eigenvalue weighted by molar-refractivity contribution is -0.136. The molecule has 0 saturated heterocycles. The van der Waals surface area contributed by atoms with E-state index in [-0.39, 0.29) is 12.5 Å². The van der Waals surface area contributed by atoms with Crippen LogP contribution < -0.4 is 5.32 Å². The zero-order chi connectivity index (χ0) is 18.9. The lowest BCUT2D eigenvalue weighted by atomic mass is 10.1. The predicted molar refractivity (Wildman–Crippen MR) is 98.8 cm³/mol. The Morgan fingerprint density at radius 2 is 1.65 bits per heavy atom. The highest BCUT2D eigenvalue weighted by atomic mass is 16.5. The van der Waals surface area contributed by atoms with Gasteiger partial charge in [0.2, 0.25) is 5.91 Å². The summed E-state index contributed by atoms with van der Waals surface area (Å²) in [5, 5.41) is 2.80. The highest BCUT2D eigenvalue weighted by molar-refractivity contribution is 5.96. The fourth-order valence-corrected chi connectivity index (χ4v) is 2.34. The van der Waals surface area contributed by atoms with E-state index < -0.39 is 18.5 Å². The van der Waals surface area contributed by atoms with Crippen LogP contribution in [0.3, 0.4) is 0 Å². The van der Waals surface area contributed by atoms with Crippen LogP contribution in [0.2, 0.25) is 0 Å². The molecule has 0 radical (unpaired) electrons. The highest BCUT2D eigenvalue weighted by Crippen LogP contribution is 2.15. The molecule has 0 atom stereocenters. The lowest BCUT2D eigenvalue weighted by Gasteiger charge is -2.17. The van der Waals surface area contributed by atoms with Gasteiger partial charge in [-0.25, -0.2) is 4.79 Å². The number of rotatable bonds is 7. The van der Waals surface area contributed by atoms with E-state index in [4.69, 9.17) is 4.74 Å². The molecule has 0 aromatic heterocycles. The fraction of sp³-hybridized carbons (Fsp3) is 0.250. The maximum absolute atomic E-state index is 12.1. The van der Waals surface area contributed by atoms with Gasteiger partial charge in [-0.3, -0.25) is 9.59 Å². The largest absolute Gasteiger partial charge is 0.452 e. The number of para-hydroxylation sites is 1. The second-order valence-corrected chi connectivity index (χ2v) is 5.75. The van der Waals surface area contributed by atoms with Gasteiger partial charge in [0.05, 0.1) is 12.1 Å². The summed E-state index contributed by atoms with van der Waals surface area (Å²) in [4.78, 5) is 37.3. The number of amides is 2. The topological polar surface area (TPSA) is 75.7 Å². The van der Waals surface area contributed by atoms with E-state index in [9.17, 15) is 14.4 Å². The summed E-state index contributed by atoms with van der Waals surface area (Å²) in [5.41, 5.74) is 2.12. The van der Waals surface area contributed by atoms with Gasteiger partial charge in [0.15, 0.2) is 6.61 Å². The van der Waals surface area contributed by atoms with Crippen molar-refractivity contribution < 1.29 is 19.1 Å². The smallest absolute Gasteiger partial charge is 0.338 e. The minimum atomic E-state index is -0.575. The molecule has 0 aliphatic carbocycles. The molecule has 0 fully saturated rings. The highest BCUT2D eigenvalue weighted by Gasteiger charge is 2.16. The molecular weight excluding hydrogens is 332 g/mol. The summed E-state index contributed by atoms with van der Waals surface area (Å²) in [5.74, 6) is -1.34. The summed E-state index contributed by atoms with van der Waals surface area (Å²) in [6.45, 7) is 1.46. The predicted octanol–water partition coefficient (Wildman–Crippen LogP) is 2.50. The van der Waals surface area contributed by atoms with E-state index in [1.54, 1.807) is 30.3 Å². The molecular formula is C20H22N2O4. The van der Waals surface area contributed by atoms with Crippen molar-refractivity contribution >= 4 is 23.5 Å². The Balaban J connectivity index is 1.82. The van der Waals surface area contributed by atoms with Gasteiger partial charge in [-0.2, -0.15) is 0 Å². The van der Waals surface area contributed by atoms with Crippen molar-refractivity contribution in [3.63, 3.8) is 0 Å². The molecule has 6 heteroatoms. The number of hydrogen-bond acceptors (Lipinski definition) is 4. The molecule has 0 aliphatic heterocycles. The molecule has 2 amide bonds. The number of likely N-dealkylation sites (N-methyl/N-ethyl adjacent to an activating group) is 1. The van der Waals surface area contributed by atoms with E-state index in [1.165, 1.54) is 11.9 Å². The SMILES string of the molecule is CCc1ccccc1NC(=O)CN(C)C(=O)COC(=O)c1ccccc1. The minimum absolute atomic E-state index is 0.125. The Hall–Kier alpha value is -3.15. The first-order valence-corrected chi connectivity index (χ1v) is 8.35. The maximum atomic E-state index is 12.1. The monoisotopic (exact) mass is 354 g/mol. The van der Waals surface area contributed by atoms with Crippen molar-refractivity contribution in [2.75, 3.05) is 25.5 Å². The van der Waals surface area contributed by atoms with Crippen molar-refractivity contribution in [3.05, 3.63) is 65.7 Å². The number of nitrogens with zero attached hydrogens (tertiary/aromatic N) is 1. The molecule has 0 saturated carbocycles. The average Bonchev–Trinajstić information content (AvgIpc) is 2.66. The number of esters is 1. The van der Waals surface area contributed by atoms with E-state index in [1.807, 2.05) is 31.2 Å². The van der Waals surface area contributed by atoms with Crippen molar-refractivity contribution in [1.82, 2.24) is 4.90 Å². The van der Waals surface area contributed by atoms with Gasteiger partial charge in [0.25, 0.3) is 5.91 Å². The summed E-state index contributed by atoms with van der Waals surface area (Å²) in [6, 6.07) is 15.9. The Morgan fingerprint density at radius 1 is 1.00 bits per heavy atom. The van der Waals surface area contributed by atoms with E-state index in [0.29, 0.717) is 5.56 Å². The van der Waals surface area contributed by atoms with Crippen LogP contribution in [0, 0.1) is 0 Å². The molecule has 6 nitrogen and oxygen atoms in total. The van der Waals surface area contributed by atoms with Gasteiger partial charge < -0.3 is 15.0 Å². The second kappa shape index (κ2) is 9.36. The van der Waals surface area contributed by atoms with Crippen LogP contribution >= 0.6 is 0 Å². The Bertz CT molecular complexity index is 774. The van der Waals surface area contributed by atoms with Crippen LogP contribution in [0.15, 0.2) is 54.6 Å². The average molecular weight is 354 g/mol. The van der Waals surface area contributed by atoms with Gasteiger partial charge >= 0.3 is 5.97 Å². The quantitative estimate of drug-likeness (QED) is 0.775. The minimum Gasteiger partial charge on any atom is -0.452 e. The van der Waals surface area contributed by atoms with Crippen molar-refractivity contribution in [3.8, 4) is 0 Å². The van der Waals surface area contributed by atoms with Gasteiger partial charge in [0.1, 0.15) is 0 Å². The Labute approximate surface area is 152 Å². The molecule has 1 N–H and O–H groups in total. The maximum Gasteiger partial charge on any atom is 0.338 e. The molecule has 2 aromatic carbocycles. The van der Waals surface area contributed by atoms with Gasteiger partial charge in [0, 0.05) is 12.7 Å². The third kappa shape index (κ3) is 5.44. The van der Waals surface area contributed by atoms with E-state index >= 15 is 0 Å². The van der Waals surface area contributed by atoms with Crippen LogP contribution in [0.1, 0.15) is 22.8 Å². The fourth-order valence-electron chi connectivity index (χ4n) is 2.34. The molecule has 2 rings (SSSR count). The second-order valence-electron chi connectivity index (χ2n) is 5.75. The molecule has 26 heavy (non-hydrogen) atoms. The van der Waals surface area contributed by atoms with Gasteiger partial charge in [-0.1, -0.05) is 43.3 Å². The summed E-state index contributed by atoms with van der Waals surface area (Å²) >= 11 is 0. The molecule has 136 valence electrons. The number of aryl methyl sites for hydroxylation is 1. The third-order valence-electron chi connectivity index (χ3n) is 3.82. The van der Waals surface area contributed by atoms with Crippen LogP contribution in [0.4, 0.5) is 5.69 Å². The zero-order valence-corrected chi connectivity index (χ0v) is 14.9. The molecule has 0 aliphatic rings. The van der Waals surface area contributed by atoms with E-state index in [0.717, 1.165) is 17.7 Å². The Morgan fingerprint density at radius 3 is 2.35 bits per heavy atom. The number of anilines is 1. The van der Waals surface area contributed by atoms with E-state index in [2.05, 4.69) is 5.32 Å². The first-order valence-electron chi connectivity index (χ1n) is 8.35. The zero-order valence-electron chi connectivity index (χ0n) is 14.9. The third-order valence-corrected chi connectivity index (χ3v) is 3.82. The molecule has 0 spiro atoms. The van der Waals surface area contributed by atoms with Crippen LogP contribution in [-0.2, 0) is 20.7 Å². The van der Waals surface area contributed by atoms with Gasteiger partial charge in [-0.15, -0.1) is 0 Å². The summed E-state index contributed by atoms with van der Waals surface area (Å²) in [6.07, 6.45) is 0.792. The number of carbonyl (C=O) groups excluding carboxylic acids is 3. The number of ether oxygens (including phenoxy) is 1. The van der Waals surface area contributed by atoms with Crippen molar-refractivity contribution in [2.45, 2.75) is 13.3 Å². The lowest BCUT2D eigenvalue weighted by Crippen LogP contribution is -2.37. The molecule has 2 aromatic rings. The number of hydrogen-bond donors (Lipinski definition) is 1. The number of carbonyl (C=O) groups is 3. The molecule has 0 heterocycles. The standard InChI is InChI=1S/C20H22N2O4/c1-3-15-9-7-8-12-17(15)21-18(23)13-22(2)19(24)14-26-20(25)16-10-5-4-6-11-16/h4-12H,3,13-14H2,1-2H3,(H,21,23). The van der Waals surface area contributed by atoms with Crippen LogP contribution in [0.5, 0.6) is 0 Å². The molecule has 0 unspecified atom stereocenters. The first kappa shape index (κ1) is 19.2. The number of benzene rings is 2. The van der Waals surface area contributed by atoms with Crippen molar-refractivity contribution in [2.24, 2.45) is 0 Å². The van der Waals surface area contributed by atoms with Crippen molar-refractivity contribution in [1.29, 1.82) is 0 Å². The van der Waals surface area contributed by atoms with Crippen LogP contribution in [0.25, 0.3) is 0 Å². The van der Waals surface area contributed by atoms with Gasteiger partial charge in [-0.05, 0) is 30.2 Å². The number of nitrogens with one attached hydrogen (secondary N) is 1.